The summed E-state index contributed by atoms with van der Waals surface area (Å²) in [4.78, 5) is 11.3. The highest BCUT2D eigenvalue weighted by Gasteiger charge is 2.08. The molecule has 0 saturated heterocycles. The third kappa shape index (κ3) is 4.65. The number of aliphatic hydroxyl groups excluding tert-OH is 2. The summed E-state index contributed by atoms with van der Waals surface area (Å²) in [5, 5.41) is 23.7. The highest BCUT2D eigenvalue weighted by Crippen LogP contribution is 2.09. The van der Waals surface area contributed by atoms with Crippen molar-refractivity contribution < 1.29 is 19.5 Å². The van der Waals surface area contributed by atoms with Crippen LogP contribution in [0.3, 0.4) is 0 Å². The van der Waals surface area contributed by atoms with E-state index in [9.17, 15) is 4.79 Å². The zero-order valence-electron chi connectivity index (χ0n) is 8.84. The van der Waals surface area contributed by atoms with E-state index in [-0.39, 0.29) is 18.3 Å². The zero-order chi connectivity index (χ0) is 12.0. The van der Waals surface area contributed by atoms with Gasteiger partial charge in [0, 0.05) is 11.8 Å². The van der Waals surface area contributed by atoms with Gasteiger partial charge in [0.05, 0.1) is 24.2 Å². The van der Waals surface area contributed by atoms with E-state index < -0.39 is 6.10 Å². The molecule has 7 heteroatoms. The molecule has 1 unspecified atom stereocenters. The lowest BCUT2D eigenvalue weighted by Crippen LogP contribution is -2.18. The minimum Gasteiger partial charge on any atom is -0.394 e. The minimum absolute atomic E-state index is 0.191. The second-order valence-corrected chi connectivity index (χ2v) is 4.26. The average Bonchev–Trinajstić information content (AvgIpc) is 2.63. The van der Waals surface area contributed by atoms with Crippen molar-refractivity contribution in [1.29, 1.82) is 0 Å². The maximum Gasteiger partial charge on any atom is 0.236 e. The number of amides is 1. The number of carbonyl (C=O) groups excluding carboxylic acids is 1. The van der Waals surface area contributed by atoms with E-state index in [4.69, 9.17) is 14.7 Å². The van der Waals surface area contributed by atoms with Crippen LogP contribution in [0.15, 0.2) is 10.6 Å². The Morgan fingerprint density at radius 1 is 1.75 bits per heavy atom. The number of nitrogens with one attached hydrogen (secondary N) is 1. The normalized spacial score (nSPS) is 12.4. The summed E-state index contributed by atoms with van der Waals surface area (Å²) in [6.07, 6.45) is -0.787. The lowest BCUT2D eigenvalue weighted by atomic mass is 10.4. The summed E-state index contributed by atoms with van der Waals surface area (Å²) < 4.78 is 4.80. The quantitative estimate of drug-likeness (QED) is 0.654. The Morgan fingerprint density at radius 3 is 3.06 bits per heavy atom. The van der Waals surface area contributed by atoms with Crippen LogP contribution < -0.4 is 5.32 Å². The molecule has 0 spiro atoms. The number of hydrogen-bond acceptors (Lipinski definition) is 6. The predicted octanol–water partition coefficient (Wildman–Crippen LogP) is 0.00792. The lowest BCUT2D eigenvalue weighted by molar-refractivity contribution is -0.113. The number of aliphatic hydroxyl groups is 2. The van der Waals surface area contributed by atoms with Crippen LogP contribution in [-0.2, 0) is 4.79 Å². The minimum atomic E-state index is -0.787. The molecule has 0 aliphatic carbocycles. The monoisotopic (exact) mass is 246 g/mol. The number of aryl methyl sites for hydroxylation is 1. The van der Waals surface area contributed by atoms with Crippen molar-refractivity contribution in [2.24, 2.45) is 0 Å². The second kappa shape index (κ2) is 6.51. The van der Waals surface area contributed by atoms with Gasteiger partial charge in [-0.3, -0.25) is 10.1 Å². The molecule has 6 nitrogen and oxygen atoms in total. The zero-order valence-corrected chi connectivity index (χ0v) is 9.66. The molecule has 0 radical (unpaired) electrons. The van der Waals surface area contributed by atoms with Crippen LogP contribution in [0.2, 0.25) is 0 Å². The summed E-state index contributed by atoms with van der Waals surface area (Å²) in [7, 11) is 0. The van der Waals surface area contributed by atoms with Crippen LogP contribution in [0.1, 0.15) is 5.69 Å². The molecule has 90 valence electrons. The van der Waals surface area contributed by atoms with Crippen molar-refractivity contribution in [3.63, 3.8) is 0 Å². The summed E-state index contributed by atoms with van der Waals surface area (Å²) in [6.45, 7) is 1.46. The first kappa shape index (κ1) is 13.0. The summed E-state index contributed by atoms with van der Waals surface area (Å²) in [5.41, 5.74) is 0.693. The Morgan fingerprint density at radius 2 is 2.50 bits per heavy atom. The molecule has 3 N–H and O–H groups in total. The van der Waals surface area contributed by atoms with E-state index in [2.05, 4.69) is 10.5 Å². The smallest absolute Gasteiger partial charge is 0.236 e. The first-order valence-corrected chi connectivity index (χ1v) is 5.87. The largest absolute Gasteiger partial charge is 0.394 e. The average molecular weight is 246 g/mol. The first-order valence-electron chi connectivity index (χ1n) is 4.71. The Hall–Kier alpha value is -1.05. The van der Waals surface area contributed by atoms with E-state index in [0.29, 0.717) is 17.3 Å². The topological polar surface area (TPSA) is 95.6 Å². The molecule has 1 heterocycles. The van der Waals surface area contributed by atoms with Gasteiger partial charge in [-0.2, -0.15) is 0 Å². The number of thioether (sulfide) groups is 1. The molecule has 0 bridgehead atoms. The maximum atomic E-state index is 11.3. The maximum absolute atomic E-state index is 11.3. The van der Waals surface area contributed by atoms with Crippen LogP contribution in [0.5, 0.6) is 0 Å². The molecule has 0 aromatic carbocycles. The lowest BCUT2D eigenvalue weighted by Gasteiger charge is -2.05. The molecule has 0 fully saturated rings. The molecule has 0 aliphatic heterocycles. The SMILES string of the molecule is Cc1cc(NC(=O)CSCC(O)CO)on1. The molecule has 1 atom stereocenters. The molecule has 1 amide bonds. The molecule has 16 heavy (non-hydrogen) atoms. The van der Waals surface area contributed by atoms with Gasteiger partial charge in [0.2, 0.25) is 11.8 Å². The molecule has 0 aliphatic rings. The van der Waals surface area contributed by atoms with Crippen molar-refractivity contribution in [3.05, 3.63) is 11.8 Å². The van der Waals surface area contributed by atoms with Crippen molar-refractivity contribution in [3.8, 4) is 0 Å². The van der Waals surface area contributed by atoms with Gasteiger partial charge in [-0.15, -0.1) is 11.8 Å². The Labute approximate surface area is 97.0 Å². The van der Waals surface area contributed by atoms with Crippen molar-refractivity contribution in [1.82, 2.24) is 5.16 Å². The Bertz CT molecular complexity index is 342. The molecule has 0 saturated carbocycles. The van der Waals surface area contributed by atoms with E-state index in [0.717, 1.165) is 0 Å². The van der Waals surface area contributed by atoms with Gasteiger partial charge in [0.25, 0.3) is 0 Å². The van der Waals surface area contributed by atoms with Crippen LogP contribution >= 0.6 is 11.8 Å². The number of hydrogen-bond donors (Lipinski definition) is 3. The van der Waals surface area contributed by atoms with Crippen LogP contribution in [0.4, 0.5) is 5.88 Å². The van der Waals surface area contributed by atoms with Gasteiger partial charge >= 0.3 is 0 Å². The highest BCUT2D eigenvalue weighted by molar-refractivity contribution is 8.00. The number of rotatable bonds is 6. The first-order chi connectivity index (χ1) is 7.61. The van der Waals surface area contributed by atoms with Crippen molar-refractivity contribution in [2.75, 3.05) is 23.4 Å². The number of carbonyl (C=O) groups is 1. The van der Waals surface area contributed by atoms with Crippen LogP contribution in [0.25, 0.3) is 0 Å². The molecule has 1 aromatic heterocycles. The fourth-order valence-electron chi connectivity index (χ4n) is 0.936. The number of nitrogens with zero attached hydrogens (tertiary/aromatic N) is 1. The summed E-state index contributed by atoms with van der Waals surface area (Å²) in [6, 6.07) is 1.62. The fourth-order valence-corrected chi connectivity index (χ4v) is 1.69. The number of aromatic nitrogens is 1. The van der Waals surface area contributed by atoms with Crippen molar-refractivity contribution >= 4 is 23.6 Å². The van der Waals surface area contributed by atoms with Crippen LogP contribution in [0, 0.1) is 6.92 Å². The standard InChI is InChI=1S/C9H14N2O4S/c1-6-2-9(15-11-6)10-8(14)5-16-4-7(13)3-12/h2,7,12-13H,3-5H2,1H3,(H,10,14). The third-order valence-electron chi connectivity index (χ3n) is 1.64. The number of anilines is 1. The highest BCUT2D eigenvalue weighted by atomic mass is 32.2. The van der Waals surface area contributed by atoms with Gasteiger partial charge in [0.15, 0.2) is 0 Å². The molecule has 1 aromatic rings. The second-order valence-electron chi connectivity index (χ2n) is 3.23. The van der Waals surface area contributed by atoms with Crippen LogP contribution in [-0.4, -0.2) is 45.5 Å². The Kier molecular flexibility index (Phi) is 5.30. The van der Waals surface area contributed by atoms with Crippen molar-refractivity contribution in [2.45, 2.75) is 13.0 Å². The molecular weight excluding hydrogens is 232 g/mol. The van der Waals surface area contributed by atoms with E-state index in [1.165, 1.54) is 11.8 Å². The fraction of sp³-hybridized carbons (Fsp3) is 0.556. The molecular formula is C9H14N2O4S. The van der Waals surface area contributed by atoms with E-state index in [1.807, 2.05) is 0 Å². The predicted molar refractivity (Wildman–Crippen MR) is 60.3 cm³/mol. The third-order valence-corrected chi connectivity index (χ3v) is 2.73. The summed E-state index contributed by atoms with van der Waals surface area (Å²) >= 11 is 1.24. The van der Waals surface area contributed by atoms with Gasteiger partial charge in [0.1, 0.15) is 0 Å². The van der Waals surface area contributed by atoms with Gasteiger partial charge in [-0.05, 0) is 6.92 Å². The van der Waals surface area contributed by atoms with Gasteiger partial charge < -0.3 is 14.7 Å². The van der Waals surface area contributed by atoms with E-state index >= 15 is 0 Å². The molecule has 1 rings (SSSR count). The van der Waals surface area contributed by atoms with E-state index in [1.54, 1.807) is 13.0 Å². The van der Waals surface area contributed by atoms with Gasteiger partial charge in [-0.1, -0.05) is 5.16 Å². The Balaban J connectivity index is 2.21. The van der Waals surface area contributed by atoms with Gasteiger partial charge in [-0.25, -0.2) is 0 Å². The summed E-state index contributed by atoms with van der Waals surface area (Å²) in [5.74, 6) is 0.591.